The molecule has 1 heterocycles. The lowest BCUT2D eigenvalue weighted by Gasteiger charge is -2.27. The van der Waals surface area contributed by atoms with Crippen molar-refractivity contribution in [3.8, 4) is 0 Å². The molecule has 1 nitrogen and oxygen atoms in total. The van der Waals surface area contributed by atoms with Gasteiger partial charge in [0.2, 0.25) is 0 Å². The number of rotatable bonds is 8. The van der Waals surface area contributed by atoms with Gasteiger partial charge in [-0.1, -0.05) is 62.1 Å². The summed E-state index contributed by atoms with van der Waals surface area (Å²) in [5.74, 6) is 1.02. The molecule has 0 aromatic heterocycles. The highest BCUT2D eigenvalue weighted by Crippen LogP contribution is 2.22. The minimum absolute atomic E-state index is 1.02. The molecule has 0 radical (unpaired) electrons. The van der Waals surface area contributed by atoms with Gasteiger partial charge in [-0.3, -0.25) is 4.90 Å². The van der Waals surface area contributed by atoms with Crippen molar-refractivity contribution < 1.29 is 0 Å². The van der Waals surface area contributed by atoms with Crippen LogP contribution in [0.5, 0.6) is 0 Å². The summed E-state index contributed by atoms with van der Waals surface area (Å²) in [7, 11) is 0. The van der Waals surface area contributed by atoms with E-state index in [4.69, 9.17) is 0 Å². The molecule has 0 unspecified atom stereocenters. The lowest BCUT2D eigenvalue weighted by atomic mass is 10.1. The number of piperidine rings is 1. The molecule has 2 heteroatoms. The zero-order chi connectivity index (χ0) is 16.3. The molecule has 1 fully saturated rings. The van der Waals surface area contributed by atoms with Gasteiger partial charge in [0.05, 0.1) is 0 Å². The monoisotopic (exact) mass is 325 g/mol. The maximum absolute atomic E-state index is 4.14. The molecule has 1 saturated heterocycles. The fourth-order valence-corrected chi connectivity index (χ4v) is 3.61. The topological polar surface area (TPSA) is 3.24 Å². The lowest BCUT2D eigenvalue weighted by molar-refractivity contribution is 0.247. The van der Waals surface area contributed by atoms with Gasteiger partial charge in [0, 0.05) is 17.2 Å². The largest absolute Gasteiger partial charge is 0.299 e. The van der Waals surface area contributed by atoms with E-state index in [0.29, 0.717) is 0 Å². The van der Waals surface area contributed by atoms with Crippen molar-refractivity contribution in [1.29, 1.82) is 0 Å². The first-order valence-electron chi connectivity index (χ1n) is 8.35. The predicted molar refractivity (Wildman–Crippen MR) is 104 cm³/mol. The van der Waals surface area contributed by atoms with Crippen LogP contribution < -0.4 is 0 Å². The molecule has 1 aliphatic rings. The van der Waals surface area contributed by atoms with Gasteiger partial charge in [-0.2, -0.15) is 0 Å². The zero-order valence-corrected chi connectivity index (χ0v) is 14.7. The number of allylic oxidation sites excluding steroid dienone is 5. The van der Waals surface area contributed by atoms with Crippen LogP contribution in [0.3, 0.4) is 0 Å². The SMILES string of the molecule is C=C/C=C\C(=C)/C=C(\CSc1ccccc1)CN1CCCCC1. The summed E-state index contributed by atoms with van der Waals surface area (Å²) in [5.41, 5.74) is 2.49. The fraction of sp³-hybridized carbons (Fsp3) is 0.333. The standard InChI is InChI=1S/C21H27NS/c1-3-4-11-19(2)16-20(17-22-14-9-6-10-15-22)18-23-21-12-7-5-8-13-21/h3-5,7-8,11-13,16H,1-2,6,9-10,14-15,17-18H2/b11-4-,20-16-. The van der Waals surface area contributed by atoms with Crippen LogP contribution >= 0.6 is 11.8 Å². The molecule has 0 atom stereocenters. The average Bonchev–Trinajstić information content (AvgIpc) is 2.59. The summed E-state index contributed by atoms with van der Waals surface area (Å²) >= 11 is 1.90. The van der Waals surface area contributed by atoms with Gasteiger partial charge in [0.25, 0.3) is 0 Å². The molecule has 2 rings (SSSR count). The Morgan fingerprint density at radius 2 is 1.87 bits per heavy atom. The van der Waals surface area contributed by atoms with E-state index in [9.17, 15) is 0 Å². The molecule has 0 bridgehead atoms. The Morgan fingerprint density at radius 3 is 2.57 bits per heavy atom. The highest BCUT2D eigenvalue weighted by atomic mass is 32.2. The maximum atomic E-state index is 4.14. The summed E-state index contributed by atoms with van der Waals surface area (Å²) in [4.78, 5) is 3.90. The predicted octanol–water partition coefficient (Wildman–Crippen LogP) is 5.49. The Bertz CT molecular complexity index is 550. The van der Waals surface area contributed by atoms with Crippen molar-refractivity contribution in [2.45, 2.75) is 24.2 Å². The van der Waals surface area contributed by atoms with Gasteiger partial charge in [-0.25, -0.2) is 0 Å². The van der Waals surface area contributed by atoms with Crippen LogP contribution in [0.1, 0.15) is 19.3 Å². The normalized spacial score (nSPS) is 16.6. The van der Waals surface area contributed by atoms with Crippen molar-refractivity contribution >= 4 is 11.8 Å². The molecule has 0 spiro atoms. The van der Waals surface area contributed by atoms with E-state index in [1.54, 1.807) is 6.08 Å². The first-order valence-corrected chi connectivity index (χ1v) is 9.34. The van der Waals surface area contributed by atoms with Gasteiger partial charge in [0.15, 0.2) is 0 Å². The van der Waals surface area contributed by atoms with Gasteiger partial charge in [-0.05, 0) is 49.2 Å². The zero-order valence-electron chi connectivity index (χ0n) is 13.9. The molecular weight excluding hydrogens is 298 g/mol. The highest BCUT2D eigenvalue weighted by molar-refractivity contribution is 7.99. The van der Waals surface area contributed by atoms with Crippen LogP contribution in [0, 0.1) is 0 Å². The molecule has 1 aliphatic heterocycles. The van der Waals surface area contributed by atoms with Gasteiger partial charge in [0.1, 0.15) is 0 Å². The van der Waals surface area contributed by atoms with E-state index < -0.39 is 0 Å². The number of thioether (sulfide) groups is 1. The first kappa shape index (κ1) is 17.8. The van der Waals surface area contributed by atoms with E-state index in [0.717, 1.165) is 17.9 Å². The third-order valence-corrected chi connectivity index (χ3v) is 5.00. The van der Waals surface area contributed by atoms with E-state index in [2.05, 4.69) is 54.5 Å². The summed E-state index contributed by atoms with van der Waals surface area (Å²) in [6, 6.07) is 10.6. The van der Waals surface area contributed by atoms with Crippen molar-refractivity contribution in [2.24, 2.45) is 0 Å². The van der Waals surface area contributed by atoms with Crippen LogP contribution in [0.2, 0.25) is 0 Å². The van der Waals surface area contributed by atoms with Crippen LogP contribution in [0.4, 0.5) is 0 Å². The first-order chi connectivity index (χ1) is 11.3. The molecule has 0 aliphatic carbocycles. The second-order valence-electron chi connectivity index (χ2n) is 5.91. The molecule has 23 heavy (non-hydrogen) atoms. The summed E-state index contributed by atoms with van der Waals surface area (Å²) in [6.45, 7) is 11.4. The Labute approximate surface area is 145 Å². The quantitative estimate of drug-likeness (QED) is 0.459. The fourth-order valence-electron chi connectivity index (χ4n) is 2.73. The van der Waals surface area contributed by atoms with Crippen molar-refractivity contribution in [2.75, 3.05) is 25.4 Å². The molecule has 0 N–H and O–H groups in total. The van der Waals surface area contributed by atoms with Gasteiger partial charge >= 0.3 is 0 Å². The van der Waals surface area contributed by atoms with Crippen LogP contribution in [0.25, 0.3) is 0 Å². The molecule has 0 amide bonds. The molecular formula is C21H27NS. The van der Waals surface area contributed by atoms with Crippen LogP contribution in [0.15, 0.2) is 83.8 Å². The Kier molecular flexibility index (Phi) is 7.99. The average molecular weight is 326 g/mol. The third-order valence-electron chi connectivity index (χ3n) is 3.88. The lowest BCUT2D eigenvalue weighted by Crippen LogP contribution is -2.31. The summed E-state index contributed by atoms with van der Waals surface area (Å²) < 4.78 is 0. The van der Waals surface area contributed by atoms with Gasteiger partial charge in [-0.15, -0.1) is 11.8 Å². The third kappa shape index (κ3) is 7.06. The second kappa shape index (κ2) is 10.3. The van der Waals surface area contributed by atoms with E-state index in [1.165, 1.54) is 42.8 Å². The smallest absolute Gasteiger partial charge is 0.0206 e. The Balaban J connectivity index is 2.00. The second-order valence-corrected chi connectivity index (χ2v) is 6.96. The van der Waals surface area contributed by atoms with Crippen molar-refractivity contribution in [3.05, 3.63) is 78.9 Å². The summed E-state index contributed by atoms with van der Waals surface area (Å²) in [5, 5.41) is 0. The van der Waals surface area contributed by atoms with Gasteiger partial charge < -0.3 is 0 Å². The number of likely N-dealkylation sites (tertiary alicyclic amines) is 1. The minimum Gasteiger partial charge on any atom is -0.299 e. The molecule has 122 valence electrons. The van der Waals surface area contributed by atoms with E-state index in [1.807, 2.05) is 23.9 Å². The highest BCUT2D eigenvalue weighted by Gasteiger charge is 2.12. The van der Waals surface area contributed by atoms with Crippen LogP contribution in [-0.2, 0) is 0 Å². The number of hydrogen-bond acceptors (Lipinski definition) is 2. The summed E-state index contributed by atoms with van der Waals surface area (Å²) in [6.07, 6.45) is 12.0. The van der Waals surface area contributed by atoms with E-state index in [-0.39, 0.29) is 0 Å². The van der Waals surface area contributed by atoms with Crippen molar-refractivity contribution in [3.63, 3.8) is 0 Å². The van der Waals surface area contributed by atoms with Crippen molar-refractivity contribution in [1.82, 2.24) is 4.90 Å². The molecule has 1 aromatic rings. The molecule has 1 aromatic carbocycles. The minimum atomic E-state index is 1.02. The van der Waals surface area contributed by atoms with E-state index >= 15 is 0 Å². The maximum Gasteiger partial charge on any atom is 0.0206 e. The Morgan fingerprint density at radius 1 is 1.13 bits per heavy atom. The van der Waals surface area contributed by atoms with Crippen LogP contribution in [-0.4, -0.2) is 30.3 Å². The number of nitrogens with zero attached hydrogens (tertiary/aromatic N) is 1. The number of benzene rings is 1. The Hall–Kier alpha value is -1.51. The molecule has 0 saturated carbocycles. The number of hydrogen-bond donors (Lipinski definition) is 0.